The molecule has 1 saturated carbocycles. The van der Waals surface area contributed by atoms with Crippen LogP contribution in [0.25, 0.3) is 0 Å². The third-order valence-corrected chi connectivity index (χ3v) is 3.41. The highest BCUT2D eigenvalue weighted by Gasteiger charge is 2.49. The van der Waals surface area contributed by atoms with E-state index < -0.39 is 34.9 Å². The molecule has 1 N–H and O–H groups in total. The van der Waals surface area contributed by atoms with Gasteiger partial charge in [0.1, 0.15) is 0 Å². The standard InChI is InChI=1S/C9H8F3N3O3S/c1-18-6(17)4-2-3(4)5(16)13-8-15-14-7(19-8)9(10,11)12/h3-4H,2H2,1H3,(H,13,15,16). The van der Waals surface area contributed by atoms with Gasteiger partial charge in [-0.25, -0.2) is 0 Å². The molecule has 104 valence electrons. The average Bonchev–Trinajstić information content (AvgIpc) is 2.99. The van der Waals surface area contributed by atoms with E-state index in [1.54, 1.807) is 0 Å². The van der Waals surface area contributed by atoms with Gasteiger partial charge in [-0.1, -0.05) is 11.3 Å². The van der Waals surface area contributed by atoms with Gasteiger partial charge < -0.3 is 10.1 Å². The number of aromatic nitrogens is 2. The van der Waals surface area contributed by atoms with Gasteiger partial charge in [0.25, 0.3) is 0 Å². The number of rotatable bonds is 3. The second-order valence-electron chi connectivity index (χ2n) is 3.87. The summed E-state index contributed by atoms with van der Waals surface area (Å²) in [6.07, 6.45) is -4.27. The molecule has 1 aliphatic carbocycles. The fraction of sp³-hybridized carbons (Fsp3) is 0.556. The Kier molecular flexibility index (Phi) is 3.43. The van der Waals surface area contributed by atoms with E-state index in [4.69, 9.17) is 0 Å². The molecular formula is C9H8F3N3O3S. The molecule has 1 aromatic rings. The van der Waals surface area contributed by atoms with Crippen LogP contribution < -0.4 is 5.32 Å². The van der Waals surface area contributed by atoms with Crippen molar-refractivity contribution in [2.45, 2.75) is 12.6 Å². The van der Waals surface area contributed by atoms with Crippen LogP contribution in [0.4, 0.5) is 18.3 Å². The molecule has 0 bridgehead atoms. The van der Waals surface area contributed by atoms with Crippen molar-refractivity contribution < 1.29 is 27.5 Å². The van der Waals surface area contributed by atoms with Crippen LogP contribution in [-0.2, 0) is 20.5 Å². The Morgan fingerprint density at radius 1 is 1.37 bits per heavy atom. The van der Waals surface area contributed by atoms with Gasteiger partial charge in [-0.05, 0) is 6.42 Å². The van der Waals surface area contributed by atoms with Crippen LogP contribution >= 0.6 is 11.3 Å². The maximum Gasteiger partial charge on any atom is 0.445 e. The van der Waals surface area contributed by atoms with Crippen LogP contribution in [0.15, 0.2) is 0 Å². The third-order valence-electron chi connectivity index (χ3n) is 2.53. The number of ether oxygens (including phenoxy) is 1. The Balaban J connectivity index is 1.94. The first kappa shape index (κ1) is 13.7. The van der Waals surface area contributed by atoms with E-state index in [0.29, 0.717) is 6.42 Å². The lowest BCUT2D eigenvalue weighted by atomic mass is 10.3. The number of hydrogen-bond acceptors (Lipinski definition) is 6. The molecule has 0 radical (unpaired) electrons. The van der Waals surface area contributed by atoms with Gasteiger partial charge >= 0.3 is 12.1 Å². The number of nitrogens with zero attached hydrogens (tertiary/aromatic N) is 2. The lowest BCUT2D eigenvalue weighted by Crippen LogP contribution is -2.17. The molecule has 2 rings (SSSR count). The highest BCUT2D eigenvalue weighted by Crippen LogP contribution is 2.40. The molecule has 0 aromatic carbocycles. The van der Waals surface area contributed by atoms with Crippen LogP contribution in [0.5, 0.6) is 0 Å². The summed E-state index contributed by atoms with van der Waals surface area (Å²) in [4.78, 5) is 22.7. The fourth-order valence-electron chi connectivity index (χ4n) is 1.48. The molecule has 1 aromatic heterocycles. The molecule has 2 unspecified atom stereocenters. The van der Waals surface area contributed by atoms with Gasteiger partial charge in [-0.2, -0.15) is 13.2 Å². The first-order valence-corrected chi connectivity index (χ1v) is 5.94. The molecule has 1 aliphatic rings. The Labute approximate surface area is 109 Å². The average molecular weight is 295 g/mol. The molecule has 1 amide bonds. The second kappa shape index (κ2) is 4.76. The first-order chi connectivity index (χ1) is 8.82. The number of carbonyl (C=O) groups is 2. The topological polar surface area (TPSA) is 81.2 Å². The van der Waals surface area contributed by atoms with Crippen molar-refractivity contribution in [3.8, 4) is 0 Å². The molecule has 10 heteroatoms. The highest BCUT2D eigenvalue weighted by atomic mass is 32.1. The zero-order valence-electron chi connectivity index (χ0n) is 9.52. The normalized spacial score (nSPS) is 21.9. The number of halogens is 3. The minimum absolute atomic E-state index is 0.233. The number of nitrogens with one attached hydrogen (secondary N) is 1. The number of carbonyl (C=O) groups excluding carboxylic acids is 2. The van der Waals surface area contributed by atoms with E-state index >= 15 is 0 Å². The minimum Gasteiger partial charge on any atom is -0.469 e. The van der Waals surface area contributed by atoms with Crippen LogP contribution in [-0.4, -0.2) is 29.2 Å². The predicted octanol–water partition coefficient (Wildman–Crippen LogP) is 1.30. The maximum absolute atomic E-state index is 12.3. The van der Waals surface area contributed by atoms with Crippen molar-refractivity contribution in [1.82, 2.24) is 10.2 Å². The quantitative estimate of drug-likeness (QED) is 0.850. The molecule has 0 spiro atoms. The summed E-state index contributed by atoms with van der Waals surface area (Å²) in [5.74, 6) is -2.17. The molecule has 1 heterocycles. The zero-order valence-corrected chi connectivity index (χ0v) is 10.3. The van der Waals surface area contributed by atoms with Crippen LogP contribution in [0.3, 0.4) is 0 Å². The summed E-state index contributed by atoms with van der Waals surface area (Å²) < 4.78 is 41.2. The number of amides is 1. The van der Waals surface area contributed by atoms with Gasteiger partial charge in [0.15, 0.2) is 0 Å². The summed E-state index contributed by atoms with van der Waals surface area (Å²) in [5.41, 5.74) is 0. The van der Waals surface area contributed by atoms with Crippen molar-refractivity contribution in [2.24, 2.45) is 11.8 Å². The zero-order chi connectivity index (χ0) is 14.2. The molecule has 2 atom stereocenters. The SMILES string of the molecule is COC(=O)C1CC1C(=O)Nc1nnc(C(F)(F)F)s1. The number of alkyl halides is 3. The molecule has 1 fully saturated rings. The summed E-state index contributed by atoms with van der Waals surface area (Å²) in [7, 11) is 1.20. The van der Waals surface area contributed by atoms with Crippen molar-refractivity contribution in [2.75, 3.05) is 12.4 Å². The molecule has 6 nitrogen and oxygen atoms in total. The van der Waals surface area contributed by atoms with Gasteiger partial charge in [0, 0.05) is 0 Å². The van der Waals surface area contributed by atoms with Crippen LogP contribution in [0.2, 0.25) is 0 Å². The second-order valence-corrected chi connectivity index (χ2v) is 4.85. The summed E-state index contributed by atoms with van der Waals surface area (Å²) in [6, 6.07) is 0. The fourth-order valence-corrected chi connectivity index (χ4v) is 2.10. The predicted molar refractivity (Wildman–Crippen MR) is 57.2 cm³/mol. The van der Waals surface area contributed by atoms with Crippen LogP contribution in [0, 0.1) is 11.8 Å². The summed E-state index contributed by atoms with van der Waals surface area (Å²) in [6.45, 7) is 0. The van der Waals surface area contributed by atoms with E-state index in [2.05, 4.69) is 20.3 Å². The van der Waals surface area contributed by atoms with E-state index in [-0.39, 0.29) is 16.5 Å². The number of esters is 1. The lowest BCUT2D eigenvalue weighted by Gasteiger charge is -2.00. The smallest absolute Gasteiger partial charge is 0.445 e. The summed E-state index contributed by atoms with van der Waals surface area (Å²) >= 11 is 0.233. The highest BCUT2D eigenvalue weighted by molar-refractivity contribution is 7.15. The van der Waals surface area contributed by atoms with Gasteiger partial charge in [0.2, 0.25) is 16.0 Å². The molecular weight excluding hydrogens is 287 g/mol. The van der Waals surface area contributed by atoms with Crippen molar-refractivity contribution >= 4 is 28.3 Å². The van der Waals surface area contributed by atoms with E-state index in [1.807, 2.05) is 0 Å². The van der Waals surface area contributed by atoms with E-state index in [1.165, 1.54) is 7.11 Å². The molecule has 0 aliphatic heterocycles. The molecule has 0 saturated heterocycles. The van der Waals surface area contributed by atoms with Gasteiger partial charge in [0.05, 0.1) is 18.9 Å². The van der Waals surface area contributed by atoms with Crippen molar-refractivity contribution in [3.05, 3.63) is 5.01 Å². The van der Waals surface area contributed by atoms with Crippen molar-refractivity contribution in [1.29, 1.82) is 0 Å². The Hall–Kier alpha value is -1.71. The van der Waals surface area contributed by atoms with Crippen molar-refractivity contribution in [3.63, 3.8) is 0 Å². The lowest BCUT2D eigenvalue weighted by molar-refractivity contribution is -0.143. The van der Waals surface area contributed by atoms with Crippen LogP contribution in [0.1, 0.15) is 11.4 Å². The Morgan fingerprint density at radius 3 is 2.58 bits per heavy atom. The third kappa shape index (κ3) is 3.00. The summed E-state index contributed by atoms with van der Waals surface area (Å²) in [5, 5.41) is 6.98. The van der Waals surface area contributed by atoms with E-state index in [9.17, 15) is 22.8 Å². The number of anilines is 1. The first-order valence-electron chi connectivity index (χ1n) is 5.12. The number of hydrogen-bond donors (Lipinski definition) is 1. The van der Waals surface area contributed by atoms with Gasteiger partial charge in [-0.15, -0.1) is 10.2 Å². The van der Waals surface area contributed by atoms with Gasteiger partial charge in [-0.3, -0.25) is 9.59 Å². The Bertz CT molecular complexity index is 516. The number of methoxy groups -OCH3 is 1. The monoisotopic (exact) mass is 295 g/mol. The maximum atomic E-state index is 12.3. The van der Waals surface area contributed by atoms with E-state index in [0.717, 1.165) is 0 Å². The Morgan fingerprint density at radius 2 is 2.05 bits per heavy atom. The molecule has 19 heavy (non-hydrogen) atoms. The largest absolute Gasteiger partial charge is 0.469 e. The minimum atomic E-state index is -4.59.